The third-order valence-corrected chi connectivity index (χ3v) is 3.54. The second-order valence-electron chi connectivity index (χ2n) is 5.40. The molecule has 7 heteroatoms. The van der Waals surface area contributed by atoms with Crippen molar-refractivity contribution in [1.82, 2.24) is 9.78 Å². The minimum atomic E-state index is -0.701. The summed E-state index contributed by atoms with van der Waals surface area (Å²) in [7, 11) is 1.51. The molecule has 1 heterocycles. The first-order valence-corrected chi connectivity index (χ1v) is 7.11. The molecular formula is C16H23ClN4O2. The van der Waals surface area contributed by atoms with E-state index in [9.17, 15) is 4.79 Å². The fourth-order valence-corrected chi connectivity index (χ4v) is 2.20. The van der Waals surface area contributed by atoms with Crippen molar-refractivity contribution in [2.45, 2.75) is 26.8 Å². The Morgan fingerprint density at radius 2 is 2.09 bits per heavy atom. The number of hydrogen-bond donors (Lipinski definition) is 2. The van der Waals surface area contributed by atoms with Gasteiger partial charge < -0.3 is 15.8 Å². The lowest BCUT2D eigenvalue weighted by atomic mass is 10.1. The highest BCUT2D eigenvalue weighted by atomic mass is 35.5. The molecule has 1 aromatic carbocycles. The summed E-state index contributed by atoms with van der Waals surface area (Å²) in [6.07, 6.45) is 1.63. The van der Waals surface area contributed by atoms with Crippen LogP contribution in [0.25, 0.3) is 5.69 Å². The molecule has 3 N–H and O–H groups in total. The maximum absolute atomic E-state index is 12.0. The summed E-state index contributed by atoms with van der Waals surface area (Å²) >= 11 is 0. The van der Waals surface area contributed by atoms with Crippen LogP contribution in [0.2, 0.25) is 0 Å². The van der Waals surface area contributed by atoms with Gasteiger partial charge in [-0.15, -0.1) is 12.4 Å². The Hall–Kier alpha value is -1.89. The molecule has 6 nitrogen and oxygen atoms in total. The van der Waals surface area contributed by atoms with Gasteiger partial charge in [0.2, 0.25) is 5.91 Å². The molecule has 0 bridgehead atoms. The number of hydrogen-bond acceptors (Lipinski definition) is 4. The van der Waals surface area contributed by atoms with Crippen LogP contribution in [0, 0.1) is 20.8 Å². The molecule has 0 radical (unpaired) electrons. The summed E-state index contributed by atoms with van der Waals surface area (Å²) in [4.78, 5) is 12.0. The van der Waals surface area contributed by atoms with E-state index in [1.54, 1.807) is 6.20 Å². The summed E-state index contributed by atoms with van der Waals surface area (Å²) in [5, 5.41) is 7.17. The lowest BCUT2D eigenvalue weighted by Gasteiger charge is -2.12. The zero-order chi connectivity index (χ0) is 16.3. The average Bonchev–Trinajstić information content (AvgIpc) is 2.83. The van der Waals surface area contributed by atoms with Crippen LogP contribution in [-0.4, -0.2) is 35.4 Å². The van der Waals surface area contributed by atoms with E-state index < -0.39 is 6.04 Å². The summed E-state index contributed by atoms with van der Waals surface area (Å²) in [5.41, 5.74) is 10.5. The summed E-state index contributed by atoms with van der Waals surface area (Å²) < 4.78 is 6.71. The second kappa shape index (κ2) is 8.10. The number of amides is 1. The first kappa shape index (κ1) is 19.2. The van der Waals surface area contributed by atoms with Crippen molar-refractivity contribution in [2.75, 3.05) is 19.0 Å². The fraction of sp³-hybridized carbons (Fsp3) is 0.375. The smallest absolute Gasteiger partial charge is 0.243 e. The molecule has 0 aliphatic rings. The van der Waals surface area contributed by atoms with E-state index >= 15 is 0 Å². The molecule has 0 saturated heterocycles. The Labute approximate surface area is 142 Å². The molecule has 1 atom stereocenters. The second-order valence-corrected chi connectivity index (χ2v) is 5.40. The van der Waals surface area contributed by atoms with Gasteiger partial charge in [0.1, 0.15) is 6.04 Å². The van der Waals surface area contributed by atoms with Gasteiger partial charge in [-0.25, -0.2) is 4.68 Å². The van der Waals surface area contributed by atoms with Crippen molar-refractivity contribution in [3.63, 3.8) is 0 Å². The van der Waals surface area contributed by atoms with Gasteiger partial charge in [0.15, 0.2) is 0 Å². The Morgan fingerprint density at radius 1 is 1.39 bits per heavy atom. The Bertz CT molecular complexity index is 685. The molecule has 0 spiro atoms. The first-order chi connectivity index (χ1) is 10.4. The zero-order valence-corrected chi connectivity index (χ0v) is 14.6. The van der Waals surface area contributed by atoms with Crippen LogP contribution in [0.4, 0.5) is 5.69 Å². The Balaban J connectivity index is 0.00000264. The number of nitrogens with two attached hydrogens (primary N) is 1. The van der Waals surface area contributed by atoms with Gasteiger partial charge >= 0.3 is 0 Å². The van der Waals surface area contributed by atoms with Gasteiger partial charge in [-0.1, -0.05) is 12.1 Å². The quantitative estimate of drug-likeness (QED) is 0.875. The number of carbonyl (C=O) groups is 1. The number of aromatic nitrogens is 2. The third-order valence-electron chi connectivity index (χ3n) is 3.54. The van der Waals surface area contributed by atoms with Crippen LogP contribution in [0.1, 0.15) is 16.8 Å². The molecule has 1 amide bonds. The van der Waals surface area contributed by atoms with Crippen LogP contribution in [-0.2, 0) is 9.53 Å². The number of benzene rings is 1. The minimum Gasteiger partial charge on any atom is -0.383 e. The zero-order valence-electron chi connectivity index (χ0n) is 13.8. The number of halogens is 1. The molecule has 2 aromatic rings. The van der Waals surface area contributed by atoms with Crippen molar-refractivity contribution in [2.24, 2.45) is 5.73 Å². The van der Waals surface area contributed by atoms with Gasteiger partial charge in [-0.2, -0.15) is 5.10 Å². The number of nitrogens with zero attached hydrogens (tertiary/aromatic N) is 2. The fourth-order valence-electron chi connectivity index (χ4n) is 2.20. The van der Waals surface area contributed by atoms with Crippen molar-refractivity contribution in [1.29, 1.82) is 0 Å². The van der Waals surface area contributed by atoms with Crippen LogP contribution in [0.5, 0.6) is 0 Å². The number of methoxy groups -OCH3 is 1. The van der Waals surface area contributed by atoms with Crippen molar-refractivity contribution < 1.29 is 9.53 Å². The topological polar surface area (TPSA) is 82.2 Å². The summed E-state index contributed by atoms with van der Waals surface area (Å²) in [5.74, 6) is -0.287. The van der Waals surface area contributed by atoms with Crippen LogP contribution < -0.4 is 11.1 Å². The number of ether oxygens (including phenoxy) is 1. The molecule has 0 fully saturated rings. The van der Waals surface area contributed by atoms with E-state index in [-0.39, 0.29) is 24.9 Å². The number of carbonyl (C=O) groups excluding carboxylic acids is 1. The monoisotopic (exact) mass is 338 g/mol. The van der Waals surface area contributed by atoms with E-state index in [0.29, 0.717) is 5.69 Å². The average molecular weight is 339 g/mol. The van der Waals surface area contributed by atoms with E-state index in [1.165, 1.54) is 7.11 Å². The molecule has 0 saturated carbocycles. The van der Waals surface area contributed by atoms with Gasteiger partial charge in [0.25, 0.3) is 0 Å². The number of nitrogens with one attached hydrogen (secondary N) is 1. The number of anilines is 1. The predicted octanol–water partition coefficient (Wildman–Crippen LogP) is 2.13. The normalized spacial score (nSPS) is 11.7. The van der Waals surface area contributed by atoms with Gasteiger partial charge in [0.05, 0.1) is 29.9 Å². The highest BCUT2D eigenvalue weighted by Crippen LogP contribution is 2.21. The van der Waals surface area contributed by atoms with Crippen molar-refractivity contribution in [3.8, 4) is 5.69 Å². The SMILES string of the molecule is COCC(N)C(=O)Nc1cnn(-c2cc(C)ccc2C)c1C.Cl. The molecule has 23 heavy (non-hydrogen) atoms. The van der Waals surface area contributed by atoms with Gasteiger partial charge in [-0.05, 0) is 38.0 Å². The highest BCUT2D eigenvalue weighted by Gasteiger charge is 2.17. The van der Waals surface area contributed by atoms with E-state index in [2.05, 4.69) is 28.6 Å². The van der Waals surface area contributed by atoms with Crippen LogP contribution in [0.3, 0.4) is 0 Å². The molecule has 1 unspecified atom stereocenters. The van der Waals surface area contributed by atoms with E-state index in [0.717, 1.165) is 22.5 Å². The highest BCUT2D eigenvalue weighted by molar-refractivity contribution is 5.95. The lowest BCUT2D eigenvalue weighted by Crippen LogP contribution is -2.39. The Morgan fingerprint density at radius 3 is 2.74 bits per heavy atom. The molecule has 0 aliphatic carbocycles. The number of aryl methyl sites for hydroxylation is 2. The summed E-state index contributed by atoms with van der Waals surface area (Å²) in [6.45, 7) is 6.15. The maximum atomic E-state index is 12.0. The van der Waals surface area contributed by atoms with E-state index in [4.69, 9.17) is 10.5 Å². The molecule has 1 aromatic heterocycles. The van der Waals surface area contributed by atoms with Gasteiger partial charge in [-0.3, -0.25) is 4.79 Å². The molecule has 2 rings (SSSR count). The summed E-state index contributed by atoms with van der Waals surface area (Å²) in [6, 6.07) is 5.48. The van der Waals surface area contributed by atoms with Crippen LogP contribution >= 0.6 is 12.4 Å². The lowest BCUT2D eigenvalue weighted by molar-refractivity contribution is -0.118. The minimum absolute atomic E-state index is 0. The first-order valence-electron chi connectivity index (χ1n) is 7.11. The van der Waals surface area contributed by atoms with Crippen molar-refractivity contribution in [3.05, 3.63) is 41.2 Å². The molecule has 126 valence electrons. The van der Waals surface area contributed by atoms with Gasteiger partial charge in [0, 0.05) is 7.11 Å². The van der Waals surface area contributed by atoms with E-state index in [1.807, 2.05) is 25.5 Å². The van der Waals surface area contributed by atoms with Crippen LogP contribution in [0.15, 0.2) is 24.4 Å². The third kappa shape index (κ3) is 4.31. The standard InChI is InChI=1S/C16H22N4O2.ClH/c1-10-5-6-11(2)15(7-10)20-12(3)14(8-18-20)19-16(21)13(17)9-22-4;/h5-8,13H,9,17H2,1-4H3,(H,19,21);1H. The Kier molecular flexibility index (Phi) is 6.75. The maximum Gasteiger partial charge on any atom is 0.243 e. The largest absolute Gasteiger partial charge is 0.383 e. The number of rotatable bonds is 5. The molecular weight excluding hydrogens is 316 g/mol. The van der Waals surface area contributed by atoms with Crippen molar-refractivity contribution >= 4 is 24.0 Å². The predicted molar refractivity (Wildman–Crippen MR) is 93.5 cm³/mol. The molecule has 0 aliphatic heterocycles.